The molecule has 1 N–H and O–H groups in total. The largest absolute Gasteiger partial charge is 0.445 e. The van der Waals surface area contributed by atoms with Crippen molar-refractivity contribution in [2.45, 2.75) is 39.0 Å². The molecular formula is C18H28N2O4. The normalized spacial score (nSPS) is 12.5. The third kappa shape index (κ3) is 7.57. The molecule has 1 aromatic carbocycles. The van der Waals surface area contributed by atoms with Crippen molar-refractivity contribution in [3.8, 4) is 0 Å². The summed E-state index contributed by atoms with van der Waals surface area (Å²) in [6.45, 7) is 6.93. The van der Waals surface area contributed by atoms with Crippen LogP contribution in [0.3, 0.4) is 0 Å². The molecule has 0 saturated heterocycles. The molecule has 6 nitrogen and oxygen atoms in total. The SMILES string of the molecule is CNCCN(C(=O)OCc1ccccc1)[C@@H](C=O)COC(C)(C)C. The molecule has 1 amide bonds. The molecule has 0 fully saturated rings. The number of hydrogen-bond donors (Lipinski definition) is 1. The Morgan fingerprint density at radius 2 is 1.96 bits per heavy atom. The molecule has 0 saturated carbocycles. The van der Waals surface area contributed by atoms with Gasteiger partial charge in [-0.3, -0.25) is 4.90 Å². The summed E-state index contributed by atoms with van der Waals surface area (Å²) in [4.78, 5) is 25.3. The van der Waals surface area contributed by atoms with Crippen LogP contribution in [0.4, 0.5) is 4.79 Å². The van der Waals surface area contributed by atoms with Crippen LogP contribution < -0.4 is 5.32 Å². The molecule has 1 aromatic rings. The number of rotatable bonds is 9. The Morgan fingerprint density at radius 3 is 2.50 bits per heavy atom. The number of nitrogens with zero attached hydrogens (tertiary/aromatic N) is 1. The highest BCUT2D eigenvalue weighted by Crippen LogP contribution is 2.11. The van der Waals surface area contributed by atoms with Gasteiger partial charge in [-0.05, 0) is 33.4 Å². The first-order valence-electron chi connectivity index (χ1n) is 8.08. The van der Waals surface area contributed by atoms with Gasteiger partial charge in [0, 0.05) is 13.1 Å². The van der Waals surface area contributed by atoms with Gasteiger partial charge >= 0.3 is 6.09 Å². The van der Waals surface area contributed by atoms with E-state index in [2.05, 4.69) is 5.32 Å². The maximum Gasteiger partial charge on any atom is 0.410 e. The zero-order valence-electron chi connectivity index (χ0n) is 15.0. The van der Waals surface area contributed by atoms with Gasteiger partial charge in [-0.2, -0.15) is 0 Å². The summed E-state index contributed by atoms with van der Waals surface area (Å²) in [7, 11) is 1.79. The van der Waals surface area contributed by atoms with Crippen molar-refractivity contribution >= 4 is 12.4 Å². The lowest BCUT2D eigenvalue weighted by Crippen LogP contribution is -2.47. The lowest BCUT2D eigenvalue weighted by Gasteiger charge is -2.30. The fourth-order valence-corrected chi connectivity index (χ4v) is 1.97. The number of carbonyl (C=O) groups excluding carboxylic acids is 2. The van der Waals surface area contributed by atoms with Crippen LogP contribution in [0.5, 0.6) is 0 Å². The Hall–Kier alpha value is -1.92. The summed E-state index contributed by atoms with van der Waals surface area (Å²) < 4.78 is 11.0. The lowest BCUT2D eigenvalue weighted by atomic mass is 10.2. The summed E-state index contributed by atoms with van der Waals surface area (Å²) in [6, 6.07) is 8.74. The van der Waals surface area contributed by atoms with E-state index in [-0.39, 0.29) is 18.8 Å². The maximum absolute atomic E-state index is 12.4. The minimum absolute atomic E-state index is 0.136. The predicted molar refractivity (Wildman–Crippen MR) is 92.8 cm³/mol. The van der Waals surface area contributed by atoms with Gasteiger partial charge in [0.1, 0.15) is 18.9 Å². The van der Waals surface area contributed by atoms with Crippen LogP contribution in [0, 0.1) is 0 Å². The molecule has 1 rings (SSSR count). The van der Waals surface area contributed by atoms with Crippen molar-refractivity contribution in [1.82, 2.24) is 10.2 Å². The van der Waals surface area contributed by atoms with Crippen LogP contribution in [-0.4, -0.2) is 55.7 Å². The van der Waals surface area contributed by atoms with Crippen LogP contribution >= 0.6 is 0 Å². The highest BCUT2D eigenvalue weighted by molar-refractivity contribution is 5.73. The van der Waals surface area contributed by atoms with Crippen LogP contribution in [0.15, 0.2) is 30.3 Å². The molecule has 6 heteroatoms. The van der Waals surface area contributed by atoms with Crippen molar-refractivity contribution in [3.63, 3.8) is 0 Å². The first kappa shape index (κ1) is 20.1. The van der Waals surface area contributed by atoms with E-state index in [0.717, 1.165) is 11.8 Å². The topological polar surface area (TPSA) is 67.9 Å². The van der Waals surface area contributed by atoms with Crippen molar-refractivity contribution < 1.29 is 19.1 Å². The Kier molecular flexibility index (Phi) is 8.43. The van der Waals surface area contributed by atoms with Crippen molar-refractivity contribution in [2.24, 2.45) is 0 Å². The molecule has 134 valence electrons. The smallest absolute Gasteiger partial charge is 0.410 e. The number of nitrogens with one attached hydrogen (secondary N) is 1. The second-order valence-corrected chi connectivity index (χ2v) is 6.46. The fraction of sp³-hybridized carbons (Fsp3) is 0.556. The van der Waals surface area contributed by atoms with Gasteiger partial charge in [-0.15, -0.1) is 0 Å². The Morgan fingerprint density at radius 1 is 1.29 bits per heavy atom. The van der Waals surface area contributed by atoms with Crippen LogP contribution in [0.1, 0.15) is 26.3 Å². The number of ether oxygens (including phenoxy) is 2. The van der Waals surface area contributed by atoms with E-state index in [9.17, 15) is 9.59 Å². The average molecular weight is 336 g/mol. The minimum Gasteiger partial charge on any atom is -0.445 e. The summed E-state index contributed by atoms with van der Waals surface area (Å²) in [6.07, 6.45) is 0.203. The lowest BCUT2D eigenvalue weighted by molar-refractivity contribution is -0.116. The van der Waals surface area contributed by atoms with Gasteiger partial charge in [0.05, 0.1) is 12.2 Å². The third-order valence-corrected chi connectivity index (χ3v) is 3.29. The van der Waals surface area contributed by atoms with E-state index in [1.165, 1.54) is 4.90 Å². The maximum atomic E-state index is 12.4. The fourth-order valence-electron chi connectivity index (χ4n) is 1.97. The second kappa shape index (κ2) is 10.1. The van der Waals surface area contributed by atoms with Gasteiger partial charge in [-0.1, -0.05) is 30.3 Å². The number of carbonyl (C=O) groups is 2. The number of likely N-dealkylation sites (N-methyl/N-ethyl adjacent to an activating group) is 1. The molecule has 0 spiro atoms. The molecule has 0 radical (unpaired) electrons. The van der Waals surface area contributed by atoms with Crippen molar-refractivity contribution in [3.05, 3.63) is 35.9 Å². The minimum atomic E-state index is -0.680. The van der Waals surface area contributed by atoms with Gasteiger partial charge in [0.25, 0.3) is 0 Å². The molecule has 0 heterocycles. The quantitative estimate of drug-likeness (QED) is 0.701. The third-order valence-electron chi connectivity index (χ3n) is 3.29. The van der Waals surface area contributed by atoms with Gasteiger partial charge in [-0.25, -0.2) is 4.79 Å². The zero-order chi connectivity index (χ0) is 18.0. The van der Waals surface area contributed by atoms with E-state index in [1.54, 1.807) is 7.05 Å². The Balaban J connectivity index is 2.69. The van der Waals surface area contributed by atoms with E-state index >= 15 is 0 Å². The van der Waals surface area contributed by atoms with Crippen LogP contribution in [0.25, 0.3) is 0 Å². The summed E-state index contributed by atoms with van der Waals surface area (Å²) in [5.74, 6) is 0. The Labute approximate surface area is 144 Å². The number of benzene rings is 1. The van der Waals surface area contributed by atoms with Crippen LogP contribution in [-0.2, 0) is 20.9 Å². The van der Waals surface area contributed by atoms with E-state index < -0.39 is 12.1 Å². The van der Waals surface area contributed by atoms with E-state index in [4.69, 9.17) is 9.47 Å². The van der Waals surface area contributed by atoms with Gasteiger partial charge < -0.3 is 19.6 Å². The molecule has 0 unspecified atom stereocenters. The zero-order valence-corrected chi connectivity index (χ0v) is 15.0. The number of aldehydes is 1. The first-order chi connectivity index (χ1) is 11.4. The first-order valence-corrected chi connectivity index (χ1v) is 8.08. The van der Waals surface area contributed by atoms with Gasteiger partial charge in [0.15, 0.2) is 0 Å². The number of amides is 1. The van der Waals surface area contributed by atoms with E-state index in [0.29, 0.717) is 13.1 Å². The monoisotopic (exact) mass is 336 g/mol. The summed E-state index contributed by atoms with van der Waals surface area (Å²) >= 11 is 0. The molecule has 0 aliphatic carbocycles. The van der Waals surface area contributed by atoms with Crippen LogP contribution in [0.2, 0.25) is 0 Å². The molecule has 24 heavy (non-hydrogen) atoms. The summed E-state index contributed by atoms with van der Waals surface area (Å²) in [5, 5.41) is 2.97. The van der Waals surface area contributed by atoms with Crippen molar-refractivity contribution in [2.75, 3.05) is 26.7 Å². The molecule has 0 aromatic heterocycles. The molecule has 0 aliphatic rings. The molecule has 0 bridgehead atoms. The standard InChI is InChI=1S/C18H28N2O4/c1-18(2,3)24-14-16(12-21)20(11-10-19-4)17(22)23-13-15-8-6-5-7-9-15/h5-9,12,16,19H,10-11,13-14H2,1-4H3/t16-/m0/s1. The molecule has 1 atom stereocenters. The summed E-state index contributed by atoms with van der Waals surface area (Å²) in [5.41, 5.74) is 0.511. The molecule has 0 aliphatic heterocycles. The van der Waals surface area contributed by atoms with Gasteiger partial charge in [0.2, 0.25) is 0 Å². The highest BCUT2D eigenvalue weighted by atomic mass is 16.6. The Bertz CT molecular complexity index is 499. The highest BCUT2D eigenvalue weighted by Gasteiger charge is 2.26. The second-order valence-electron chi connectivity index (χ2n) is 6.46. The molecular weight excluding hydrogens is 308 g/mol. The predicted octanol–water partition coefficient (Wildman–Crippen LogP) is 2.23. The van der Waals surface area contributed by atoms with E-state index in [1.807, 2.05) is 51.1 Å². The average Bonchev–Trinajstić information content (AvgIpc) is 2.55. The van der Waals surface area contributed by atoms with Crippen molar-refractivity contribution in [1.29, 1.82) is 0 Å². The number of hydrogen-bond acceptors (Lipinski definition) is 5.